The average molecular weight is 420 g/mol. The molecule has 0 saturated carbocycles. The van der Waals surface area contributed by atoms with Crippen LogP contribution in [-0.2, 0) is 20.4 Å². The van der Waals surface area contributed by atoms with Gasteiger partial charge in [0.1, 0.15) is 5.75 Å². The second kappa shape index (κ2) is 6.17. The second-order valence-corrected chi connectivity index (χ2v) is 8.79. The van der Waals surface area contributed by atoms with Gasteiger partial charge in [-0.3, -0.25) is 10.1 Å². The Labute approximate surface area is 173 Å². The van der Waals surface area contributed by atoms with E-state index in [0.717, 1.165) is 0 Å². The van der Waals surface area contributed by atoms with Gasteiger partial charge < -0.3 is 4.74 Å². The second-order valence-electron chi connectivity index (χ2n) is 7.01. The lowest BCUT2D eigenvalue weighted by molar-refractivity contribution is -0.124. The van der Waals surface area contributed by atoms with E-state index in [1.165, 1.54) is 31.4 Å². The number of benzene rings is 3. The number of hydrogen-bond donors (Lipinski definition) is 1. The number of sulfonamides is 1. The summed E-state index contributed by atoms with van der Waals surface area (Å²) in [6.45, 7) is 0. The third kappa shape index (κ3) is 2.16. The molecule has 1 spiro atoms. The third-order valence-corrected chi connectivity index (χ3v) is 7.35. The summed E-state index contributed by atoms with van der Waals surface area (Å²) in [5.74, 6) is -0.218. The summed E-state index contributed by atoms with van der Waals surface area (Å²) in [5.41, 5.74) is 0.530. The van der Waals surface area contributed by atoms with Crippen LogP contribution in [0.5, 0.6) is 5.75 Å². The number of carbonyl (C=O) groups is 2. The van der Waals surface area contributed by atoms with E-state index >= 15 is 0 Å². The summed E-state index contributed by atoms with van der Waals surface area (Å²) in [7, 11) is -2.91. The van der Waals surface area contributed by atoms with E-state index in [-0.39, 0.29) is 4.90 Å². The highest BCUT2D eigenvalue weighted by molar-refractivity contribution is 7.89. The van der Waals surface area contributed by atoms with Gasteiger partial charge in [0.15, 0.2) is 5.54 Å². The van der Waals surface area contributed by atoms with E-state index in [1.807, 2.05) is 24.3 Å². The molecule has 150 valence electrons. The van der Waals surface area contributed by atoms with E-state index in [0.29, 0.717) is 32.3 Å². The highest BCUT2D eigenvalue weighted by Gasteiger charge is 2.64. The first-order valence-corrected chi connectivity index (χ1v) is 10.6. The van der Waals surface area contributed by atoms with Crippen molar-refractivity contribution >= 4 is 22.0 Å². The van der Waals surface area contributed by atoms with E-state index < -0.39 is 27.5 Å². The average Bonchev–Trinajstić information content (AvgIpc) is 3.21. The van der Waals surface area contributed by atoms with Crippen LogP contribution in [0.1, 0.15) is 11.1 Å². The molecule has 30 heavy (non-hydrogen) atoms. The number of fused-ring (bicyclic) bond motifs is 5. The van der Waals surface area contributed by atoms with E-state index in [9.17, 15) is 18.0 Å². The molecular weight excluding hydrogens is 404 g/mol. The van der Waals surface area contributed by atoms with E-state index in [2.05, 4.69) is 5.32 Å². The maximum absolute atomic E-state index is 13.6. The zero-order chi connectivity index (χ0) is 21.1. The number of hydrogen-bond acceptors (Lipinski definition) is 5. The molecule has 1 heterocycles. The maximum atomic E-state index is 13.6. The van der Waals surface area contributed by atoms with Crippen molar-refractivity contribution in [1.82, 2.24) is 9.62 Å². The molecule has 5 rings (SSSR count). The first-order chi connectivity index (χ1) is 14.4. The van der Waals surface area contributed by atoms with Gasteiger partial charge in [-0.15, -0.1) is 0 Å². The Hall–Kier alpha value is -3.65. The molecule has 3 aromatic carbocycles. The summed E-state index contributed by atoms with van der Waals surface area (Å²) in [4.78, 5) is 26.0. The van der Waals surface area contributed by atoms with Crippen molar-refractivity contribution in [3.05, 3.63) is 83.9 Å². The van der Waals surface area contributed by atoms with E-state index in [1.54, 1.807) is 24.3 Å². The Morgan fingerprint density at radius 3 is 1.90 bits per heavy atom. The van der Waals surface area contributed by atoms with Crippen molar-refractivity contribution < 1.29 is 22.7 Å². The smallest absolute Gasteiger partial charge is 0.339 e. The number of methoxy groups -OCH3 is 1. The normalized spacial score (nSPS) is 16.4. The third-order valence-electron chi connectivity index (χ3n) is 5.56. The Kier molecular flexibility index (Phi) is 3.78. The summed E-state index contributed by atoms with van der Waals surface area (Å²) < 4.78 is 33.1. The summed E-state index contributed by atoms with van der Waals surface area (Å²) in [6.07, 6.45) is 0. The minimum atomic E-state index is -4.38. The summed E-state index contributed by atoms with van der Waals surface area (Å²) >= 11 is 0. The van der Waals surface area contributed by atoms with Crippen LogP contribution in [0.15, 0.2) is 77.7 Å². The van der Waals surface area contributed by atoms with Gasteiger partial charge in [-0.25, -0.2) is 13.2 Å². The van der Waals surface area contributed by atoms with Crippen LogP contribution < -0.4 is 10.1 Å². The largest absolute Gasteiger partial charge is 0.497 e. The molecule has 1 aliphatic carbocycles. The van der Waals surface area contributed by atoms with Gasteiger partial charge in [0.25, 0.3) is 15.9 Å². The van der Waals surface area contributed by atoms with Gasteiger partial charge in [-0.1, -0.05) is 48.5 Å². The highest BCUT2D eigenvalue weighted by Crippen LogP contribution is 2.54. The van der Waals surface area contributed by atoms with Gasteiger partial charge in [0.2, 0.25) is 0 Å². The molecule has 0 bridgehead atoms. The number of carbonyl (C=O) groups excluding carboxylic acids is 2. The predicted octanol–water partition coefficient (Wildman–Crippen LogP) is 2.86. The first-order valence-electron chi connectivity index (χ1n) is 9.16. The van der Waals surface area contributed by atoms with E-state index in [4.69, 9.17) is 4.74 Å². The van der Waals surface area contributed by atoms with Crippen LogP contribution >= 0.6 is 0 Å². The monoisotopic (exact) mass is 420 g/mol. The minimum absolute atomic E-state index is 0.116. The van der Waals surface area contributed by atoms with Gasteiger partial charge >= 0.3 is 6.03 Å². The summed E-state index contributed by atoms with van der Waals surface area (Å²) in [5, 5.41) is 2.22. The summed E-state index contributed by atoms with van der Waals surface area (Å²) in [6, 6.07) is 18.8. The predicted molar refractivity (Wildman–Crippen MR) is 108 cm³/mol. The van der Waals surface area contributed by atoms with Gasteiger partial charge in [0, 0.05) is 11.1 Å². The van der Waals surface area contributed by atoms with Crippen LogP contribution in [-0.4, -0.2) is 31.8 Å². The lowest BCUT2D eigenvalue weighted by Crippen LogP contribution is -2.49. The van der Waals surface area contributed by atoms with Crippen LogP contribution in [0.25, 0.3) is 11.1 Å². The standard InChI is InChI=1S/C22H16N2O5S/c1-29-14-10-12-15(13-11-14)30(27,28)24-21(26)23-20(25)22(24)18-8-4-2-6-16(18)17-7-3-5-9-19(17)22/h2-13H,1H3,(H,23,25,26). The van der Waals surface area contributed by atoms with Crippen molar-refractivity contribution in [2.75, 3.05) is 7.11 Å². The molecular formula is C22H16N2O5S. The van der Waals surface area contributed by atoms with Gasteiger partial charge in [-0.2, -0.15) is 4.31 Å². The number of nitrogens with zero attached hydrogens (tertiary/aromatic N) is 1. The molecule has 1 saturated heterocycles. The zero-order valence-corrected chi connectivity index (χ0v) is 16.6. The van der Waals surface area contributed by atoms with Crippen molar-refractivity contribution in [2.45, 2.75) is 10.4 Å². The number of rotatable bonds is 3. The lowest BCUT2D eigenvalue weighted by atomic mass is 9.87. The molecule has 0 atom stereocenters. The first kappa shape index (κ1) is 18.4. The molecule has 0 aromatic heterocycles. The van der Waals surface area contributed by atoms with Crippen molar-refractivity contribution in [3.8, 4) is 16.9 Å². The van der Waals surface area contributed by atoms with Crippen molar-refractivity contribution in [2.24, 2.45) is 0 Å². The molecule has 7 nitrogen and oxygen atoms in total. The van der Waals surface area contributed by atoms with Crippen LogP contribution in [0.3, 0.4) is 0 Å². The lowest BCUT2D eigenvalue weighted by Gasteiger charge is -2.32. The fourth-order valence-electron chi connectivity index (χ4n) is 4.30. The van der Waals surface area contributed by atoms with Crippen molar-refractivity contribution in [3.63, 3.8) is 0 Å². The number of amides is 3. The van der Waals surface area contributed by atoms with Gasteiger partial charge in [-0.05, 0) is 35.4 Å². The molecule has 3 amide bonds. The van der Waals surface area contributed by atoms with Crippen molar-refractivity contribution in [1.29, 1.82) is 0 Å². The van der Waals surface area contributed by atoms with Crippen LogP contribution in [0.4, 0.5) is 4.79 Å². The number of urea groups is 1. The number of imide groups is 1. The molecule has 8 heteroatoms. The fourth-order valence-corrected chi connectivity index (χ4v) is 5.90. The van der Waals surface area contributed by atoms with Crippen LogP contribution in [0.2, 0.25) is 0 Å². The molecule has 1 N–H and O–H groups in total. The molecule has 3 aromatic rings. The minimum Gasteiger partial charge on any atom is -0.497 e. The van der Waals surface area contributed by atoms with Crippen LogP contribution in [0, 0.1) is 0 Å². The zero-order valence-electron chi connectivity index (χ0n) is 15.8. The SMILES string of the molecule is COc1ccc(S(=O)(=O)N2C(=O)NC(=O)C23c2ccccc2-c2ccccc23)cc1. The molecule has 2 aliphatic rings. The molecule has 1 aliphatic heterocycles. The molecule has 1 fully saturated rings. The fraction of sp³-hybridized carbons (Fsp3) is 0.0909. The quantitative estimate of drug-likeness (QED) is 0.658. The Morgan fingerprint density at radius 2 is 1.37 bits per heavy atom. The molecule has 0 unspecified atom stereocenters. The highest BCUT2D eigenvalue weighted by atomic mass is 32.2. The Bertz CT molecular complexity index is 1270. The topological polar surface area (TPSA) is 92.8 Å². The Morgan fingerprint density at radius 1 is 0.833 bits per heavy atom. The maximum Gasteiger partial charge on any atom is 0.339 e. The van der Waals surface area contributed by atoms with Gasteiger partial charge in [0.05, 0.1) is 12.0 Å². The number of nitrogens with one attached hydrogen (secondary N) is 1. The number of ether oxygens (including phenoxy) is 1. The molecule has 0 radical (unpaired) electrons. The Balaban J connectivity index is 1.81.